The molecule has 136 valence electrons. The number of carbonyl (C=O) groups is 1. The molecule has 0 unspecified atom stereocenters. The Hall–Kier alpha value is -2.74. The highest BCUT2D eigenvalue weighted by Crippen LogP contribution is 2.33. The number of sulfonamides is 1. The van der Waals surface area contributed by atoms with E-state index in [-0.39, 0.29) is 17.8 Å². The quantitative estimate of drug-likeness (QED) is 0.892. The number of nitrogens with one attached hydrogen (secondary N) is 1. The first kappa shape index (κ1) is 18.1. The van der Waals surface area contributed by atoms with Gasteiger partial charge in [-0.1, -0.05) is 24.3 Å². The third-order valence-corrected chi connectivity index (χ3v) is 4.59. The Morgan fingerprint density at radius 1 is 1.23 bits per heavy atom. The first-order valence-electron chi connectivity index (χ1n) is 7.94. The lowest BCUT2D eigenvalue weighted by atomic mass is 9.98. The normalized spacial score (nSPS) is 17.1. The lowest BCUT2D eigenvalue weighted by Gasteiger charge is -2.20. The van der Waals surface area contributed by atoms with Crippen molar-refractivity contribution in [1.29, 1.82) is 0 Å². The summed E-state index contributed by atoms with van der Waals surface area (Å²) in [5.41, 5.74) is 2.58. The molecule has 3 rings (SSSR count). The van der Waals surface area contributed by atoms with Gasteiger partial charge in [0.05, 0.1) is 18.0 Å². The van der Waals surface area contributed by atoms with E-state index < -0.39 is 10.0 Å². The highest BCUT2D eigenvalue weighted by molar-refractivity contribution is 7.92. The largest absolute Gasteiger partial charge is 0.284 e. The van der Waals surface area contributed by atoms with E-state index in [1.54, 1.807) is 36.4 Å². The molecule has 1 amide bonds. The molecule has 1 aliphatic rings. The minimum Gasteiger partial charge on any atom is -0.284 e. The van der Waals surface area contributed by atoms with Crippen molar-refractivity contribution < 1.29 is 17.6 Å². The molecule has 2 aromatic carbocycles. The van der Waals surface area contributed by atoms with Crippen LogP contribution in [0.2, 0.25) is 0 Å². The van der Waals surface area contributed by atoms with Crippen LogP contribution in [-0.2, 0) is 14.8 Å². The van der Waals surface area contributed by atoms with Crippen LogP contribution in [0.4, 0.5) is 10.1 Å². The van der Waals surface area contributed by atoms with Gasteiger partial charge in [0, 0.05) is 19.0 Å². The van der Waals surface area contributed by atoms with Crippen molar-refractivity contribution in [1.82, 2.24) is 5.01 Å². The number of benzene rings is 2. The van der Waals surface area contributed by atoms with Crippen molar-refractivity contribution >= 4 is 27.3 Å². The van der Waals surface area contributed by atoms with E-state index >= 15 is 0 Å². The number of hydrogen-bond donors (Lipinski definition) is 1. The lowest BCUT2D eigenvalue weighted by molar-refractivity contribution is -0.130. The topological polar surface area (TPSA) is 78.8 Å². The molecule has 0 aliphatic carbocycles. The van der Waals surface area contributed by atoms with Gasteiger partial charge in [-0.3, -0.25) is 9.52 Å². The Kier molecular flexibility index (Phi) is 4.78. The zero-order chi connectivity index (χ0) is 18.9. The molecule has 0 radical (unpaired) electrons. The zero-order valence-corrected chi connectivity index (χ0v) is 15.1. The van der Waals surface area contributed by atoms with Crippen LogP contribution in [0.15, 0.2) is 53.6 Å². The molecule has 0 saturated carbocycles. The van der Waals surface area contributed by atoms with Crippen LogP contribution < -0.4 is 4.72 Å². The summed E-state index contributed by atoms with van der Waals surface area (Å²) in [6, 6.07) is 12.5. The second-order valence-electron chi connectivity index (χ2n) is 6.14. The molecule has 2 aromatic rings. The second-order valence-corrected chi connectivity index (χ2v) is 7.89. The molecule has 1 aliphatic heterocycles. The molecule has 0 spiro atoms. The summed E-state index contributed by atoms with van der Waals surface area (Å²) in [7, 11) is -3.39. The average Bonchev–Trinajstić information content (AvgIpc) is 3.00. The van der Waals surface area contributed by atoms with Crippen molar-refractivity contribution in [2.24, 2.45) is 5.10 Å². The average molecular weight is 375 g/mol. The van der Waals surface area contributed by atoms with Gasteiger partial charge in [0.1, 0.15) is 5.82 Å². The summed E-state index contributed by atoms with van der Waals surface area (Å²) in [6.45, 7) is 1.42. The van der Waals surface area contributed by atoms with E-state index in [1.165, 1.54) is 24.1 Å². The van der Waals surface area contributed by atoms with E-state index in [0.717, 1.165) is 17.4 Å². The fourth-order valence-electron chi connectivity index (χ4n) is 2.90. The van der Waals surface area contributed by atoms with E-state index in [0.29, 0.717) is 17.8 Å². The summed E-state index contributed by atoms with van der Waals surface area (Å²) in [5, 5.41) is 5.78. The first-order chi connectivity index (χ1) is 12.2. The SMILES string of the molecule is CC(=O)N1N=C(c2cccc(NS(C)(=O)=O)c2)C[C@H]1c1ccc(F)cc1. The summed E-state index contributed by atoms with van der Waals surface area (Å²) in [6.07, 6.45) is 1.53. The van der Waals surface area contributed by atoms with Gasteiger partial charge >= 0.3 is 0 Å². The Balaban J connectivity index is 1.91. The van der Waals surface area contributed by atoms with Crippen molar-refractivity contribution in [3.05, 3.63) is 65.5 Å². The highest BCUT2D eigenvalue weighted by atomic mass is 32.2. The highest BCUT2D eigenvalue weighted by Gasteiger charge is 2.31. The molecule has 1 heterocycles. The summed E-state index contributed by atoms with van der Waals surface area (Å²) >= 11 is 0. The molecule has 8 heteroatoms. The monoisotopic (exact) mass is 375 g/mol. The van der Waals surface area contributed by atoms with Crippen LogP contribution in [0, 0.1) is 5.82 Å². The second kappa shape index (κ2) is 6.87. The van der Waals surface area contributed by atoms with Crippen molar-refractivity contribution in [3.8, 4) is 0 Å². The molecular weight excluding hydrogens is 357 g/mol. The number of rotatable bonds is 4. The Bertz CT molecular complexity index is 971. The standard InChI is InChI=1S/C18H18FN3O3S/c1-12(23)22-18(13-6-8-15(19)9-7-13)11-17(20-22)14-4-3-5-16(10-14)21-26(2,24)25/h3-10,18,21H,11H2,1-2H3/t18-/m0/s1. The number of anilines is 1. The number of amides is 1. The lowest BCUT2D eigenvalue weighted by Crippen LogP contribution is -2.24. The smallest absolute Gasteiger partial charge is 0.240 e. The molecule has 0 saturated heterocycles. The van der Waals surface area contributed by atoms with Crippen LogP contribution in [0.3, 0.4) is 0 Å². The summed E-state index contributed by atoms with van der Waals surface area (Å²) in [4.78, 5) is 12.0. The number of halogens is 1. The van der Waals surface area contributed by atoms with Crippen LogP contribution in [-0.4, -0.2) is 31.3 Å². The van der Waals surface area contributed by atoms with E-state index in [9.17, 15) is 17.6 Å². The number of hydrogen-bond acceptors (Lipinski definition) is 4. The number of hydrazone groups is 1. The number of carbonyl (C=O) groups excluding carboxylic acids is 1. The predicted octanol–water partition coefficient (Wildman–Crippen LogP) is 2.89. The fraction of sp³-hybridized carbons (Fsp3) is 0.222. The Morgan fingerprint density at radius 2 is 1.92 bits per heavy atom. The van der Waals surface area contributed by atoms with Crippen LogP contribution in [0.25, 0.3) is 0 Å². The minimum absolute atomic E-state index is 0.222. The van der Waals surface area contributed by atoms with Crippen molar-refractivity contribution in [2.75, 3.05) is 11.0 Å². The summed E-state index contributed by atoms with van der Waals surface area (Å²) in [5.74, 6) is -0.568. The van der Waals surface area contributed by atoms with Crippen LogP contribution in [0.5, 0.6) is 0 Å². The van der Waals surface area contributed by atoms with Gasteiger partial charge in [0.2, 0.25) is 15.9 Å². The molecule has 26 heavy (non-hydrogen) atoms. The molecular formula is C18H18FN3O3S. The molecule has 0 bridgehead atoms. The van der Waals surface area contributed by atoms with E-state index in [2.05, 4.69) is 9.82 Å². The maximum atomic E-state index is 13.2. The van der Waals surface area contributed by atoms with E-state index in [1.807, 2.05) is 0 Å². The summed E-state index contributed by atoms with van der Waals surface area (Å²) < 4.78 is 38.4. The van der Waals surface area contributed by atoms with Crippen molar-refractivity contribution in [3.63, 3.8) is 0 Å². The number of nitrogens with zero attached hydrogens (tertiary/aromatic N) is 2. The maximum absolute atomic E-state index is 13.2. The van der Waals surface area contributed by atoms with Gasteiger partial charge in [-0.25, -0.2) is 17.8 Å². The van der Waals surface area contributed by atoms with Gasteiger partial charge in [0.25, 0.3) is 0 Å². The molecule has 1 atom stereocenters. The fourth-order valence-corrected chi connectivity index (χ4v) is 3.45. The van der Waals surface area contributed by atoms with Gasteiger partial charge in [-0.15, -0.1) is 0 Å². The zero-order valence-electron chi connectivity index (χ0n) is 14.3. The van der Waals surface area contributed by atoms with Crippen molar-refractivity contribution in [2.45, 2.75) is 19.4 Å². The van der Waals surface area contributed by atoms with Gasteiger partial charge in [0.15, 0.2) is 0 Å². The third-order valence-electron chi connectivity index (χ3n) is 3.99. The molecule has 1 N–H and O–H groups in total. The Morgan fingerprint density at radius 3 is 2.54 bits per heavy atom. The van der Waals surface area contributed by atoms with Crippen LogP contribution in [0.1, 0.15) is 30.5 Å². The Labute approximate surface area is 151 Å². The first-order valence-corrected chi connectivity index (χ1v) is 9.83. The van der Waals surface area contributed by atoms with E-state index in [4.69, 9.17) is 0 Å². The molecule has 0 fully saturated rings. The third kappa shape index (κ3) is 4.08. The maximum Gasteiger partial charge on any atom is 0.240 e. The molecule has 6 nitrogen and oxygen atoms in total. The van der Waals surface area contributed by atoms with Gasteiger partial charge in [-0.05, 0) is 35.4 Å². The molecule has 0 aromatic heterocycles. The van der Waals surface area contributed by atoms with Crippen LogP contribution >= 0.6 is 0 Å². The van der Waals surface area contributed by atoms with Gasteiger partial charge < -0.3 is 0 Å². The predicted molar refractivity (Wildman–Crippen MR) is 97.7 cm³/mol. The minimum atomic E-state index is -3.39. The van der Waals surface area contributed by atoms with Gasteiger partial charge in [-0.2, -0.15) is 5.10 Å².